The molecule has 0 bridgehead atoms. The van der Waals surface area contributed by atoms with Gasteiger partial charge < -0.3 is 10.1 Å². The Balaban J connectivity index is 2.30. The van der Waals surface area contributed by atoms with Gasteiger partial charge in [-0.05, 0) is 48.6 Å². The van der Waals surface area contributed by atoms with Crippen molar-refractivity contribution in [3.05, 3.63) is 55.9 Å². The third kappa shape index (κ3) is 4.64. The number of nitrogens with zero attached hydrogens (tertiary/aromatic N) is 1. The molecule has 0 aliphatic carbocycles. The van der Waals surface area contributed by atoms with E-state index >= 15 is 0 Å². The van der Waals surface area contributed by atoms with Crippen molar-refractivity contribution in [3.8, 4) is 6.07 Å². The van der Waals surface area contributed by atoms with Crippen molar-refractivity contribution in [2.24, 2.45) is 0 Å². The maximum absolute atomic E-state index is 12.5. The van der Waals surface area contributed by atoms with Gasteiger partial charge in [0, 0.05) is 10.0 Å². The smallest absolute Gasteiger partial charge is 0.341 e. The summed E-state index contributed by atoms with van der Waals surface area (Å²) in [6.07, 6.45) is 1.36. The molecule has 0 radical (unpaired) electrons. The van der Waals surface area contributed by atoms with Gasteiger partial charge in [-0.2, -0.15) is 5.26 Å². The number of hydrogen-bond acceptors (Lipinski definition) is 5. The van der Waals surface area contributed by atoms with E-state index in [0.717, 1.165) is 0 Å². The lowest BCUT2D eigenvalue weighted by molar-refractivity contribution is -0.112. The summed E-state index contributed by atoms with van der Waals surface area (Å²) in [5.74, 6) is -1.17. The number of aryl methyl sites for hydroxylation is 1. The summed E-state index contributed by atoms with van der Waals surface area (Å²) >= 11 is 13.1. The minimum atomic E-state index is -0.647. The minimum absolute atomic E-state index is 0.157. The van der Waals surface area contributed by atoms with Gasteiger partial charge in [-0.3, -0.25) is 4.79 Å². The van der Waals surface area contributed by atoms with Gasteiger partial charge >= 0.3 is 5.97 Å². The summed E-state index contributed by atoms with van der Waals surface area (Å²) in [6.45, 7) is 3.66. The van der Waals surface area contributed by atoms with Crippen molar-refractivity contribution >= 4 is 57.5 Å². The van der Waals surface area contributed by atoms with E-state index in [1.165, 1.54) is 23.5 Å². The fourth-order valence-corrected chi connectivity index (χ4v) is 3.48. The Labute approximate surface area is 164 Å². The molecule has 134 valence electrons. The molecule has 2 rings (SSSR count). The predicted octanol–water partition coefficient (Wildman–Crippen LogP) is 5.09. The number of anilines is 1. The zero-order chi connectivity index (χ0) is 19.3. The zero-order valence-corrected chi connectivity index (χ0v) is 16.3. The number of carbonyl (C=O) groups excluding carboxylic acids is 2. The molecule has 0 aliphatic rings. The molecule has 1 aromatic heterocycles. The number of benzene rings is 1. The van der Waals surface area contributed by atoms with Crippen molar-refractivity contribution in [2.75, 3.05) is 11.9 Å². The number of nitrogens with one attached hydrogen (secondary N) is 1. The third-order valence-electron chi connectivity index (χ3n) is 3.31. The molecule has 1 heterocycles. The molecule has 0 atom stereocenters. The van der Waals surface area contributed by atoms with Crippen molar-refractivity contribution in [1.82, 2.24) is 0 Å². The van der Waals surface area contributed by atoms with E-state index < -0.39 is 11.9 Å². The average Bonchev–Trinajstić information content (AvgIpc) is 2.94. The lowest BCUT2D eigenvalue weighted by Crippen LogP contribution is -2.16. The number of carbonyl (C=O) groups is 2. The topological polar surface area (TPSA) is 79.2 Å². The van der Waals surface area contributed by atoms with Crippen molar-refractivity contribution in [1.29, 1.82) is 5.26 Å². The SMILES string of the molecule is CCOC(=O)c1c(C)csc1NC(=O)C(C#N)=Cc1ccc(Cl)cc1Cl. The lowest BCUT2D eigenvalue weighted by Gasteiger charge is -2.07. The second kappa shape index (κ2) is 8.86. The summed E-state index contributed by atoms with van der Waals surface area (Å²) in [4.78, 5) is 24.5. The molecular weight excluding hydrogens is 395 g/mol. The first-order chi connectivity index (χ1) is 12.4. The highest BCUT2D eigenvalue weighted by atomic mass is 35.5. The zero-order valence-electron chi connectivity index (χ0n) is 13.9. The number of esters is 1. The quantitative estimate of drug-likeness (QED) is 0.424. The molecule has 0 saturated carbocycles. The van der Waals surface area contributed by atoms with E-state index in [-0.39, 0.29) is 17.7 Å². The molecule has 1 N–H and O–H groups in total. The monoisotopic (exact) mass is 408 g/mol. The Morgan fingerprint density at radius 1 is 1.38 bits per heavy atom. The van der Waals surface area contributed by atoms with Crippen LogP contribution in [0.5, 0.6) is 0 Å². The first-order valence-corrected chi connectivity index (χ1v) is 9.14. The molecule has 0 fully saturated rings. The first kappa shape index (κ1) is 20.0. The molecule has 0 saturated heterocycles. The molecule has 1 amide bonds. The minimum Gasteiger partial charge on any atom is -0.462 e. The van der Waals surface area contributed by atoms with Gasteiger partial charge in [-0.1, -0.05) is 29.3 Å². The van der Waals surface area contributed by atoms with Crippen molar-refractivity contribution in [3.63, 3.8) is 0 Å². The Kier molecular flexibility index (Phi) is 6.81. The maximum Gasteiger partial charge on any atom is 0.341 e. The van der Waals surface area contributed by atoms with E-state index in [1.807, 2.05) is 6.07 Å². The summed E-state index contributed by atoms with van der Waals surface area (Å²) in [7, 11) is 0. The number of nitriles is 1. The molecule has 0 spiro atoms. The highest BCUT2D eigenvalue weighted by Gasteiger charge is 2.21. The first-order valence-electron chi connectivity index (χ1n) is 7.50. The second-order valence-corrected chi connectivity index (χ2v) is 6.86. The number of hydrogen-bond donors (Lipinski definition) is 1. The number of ether oxygens (including phenoxy) is 1. The normalized spacial score (nSPS) is 11.0. The highest BCUT2D eigenvalue weighted by Crippen LogP contribution is 2.29. The van der Waals surface area contributed by atoms with E-state index in [2.05, 4.69) is 5.32 Å². The highest BCUT2D eigenvalue weighted by molar-refractivity contribution is 7.15. The van der Waals surface area contributed by atoms with Crippen LogP contribution in [0.2, 0.25) is 10.0 Å². The van der Waals surface area contributed by atoms with Gasteiger partial charge in [0.05, 0.1) is 12.2 Å². The predicted molar refractivity (Wildman–Crippen MR) is 104 cm³/mol. The van der Waals surface area contributed by atoms with Crippen LogP contribution in [-0.2, 0) is 9.53 Å². The van der Waals surface area contributed by atoms with Crippen LogP contribution in [0, 0.1) is 18.3 Å². The second-order valence-electron chi connectivity index (χ2n) is 5.13. The van der Waals surface area contributed by atoms with Crippen LogP contribution < -0.4 is 5.32 Å². The Morgan fingerprint density at radius 3 is 2.73 bits per heavy atom. The average molecular weight is 409 g/mol. The van der Waals surface area contributed by atoms with Crippen LogP contribution in [0.25, 0.3) is 6.08 Å². The number of thiophene rings is 1. The van der Waals surface area contributed by atoms with Crippen LogP contribution >= 0.6 is 34.5 Å². The van der Waals surface area contributed by atoms with Crippen molar-refractivity contribution < 1.29 is 14.3 Å². The standard InChI is InChI=1S/C18H14Cl2N2O3S/c1-3-25-18(24)15-10(2)9-26-17(15)22-16(23)12(8-21)6-11-4-5-13(19)7-14(11)20/h4-7,9H,3H2,1-2H3,(H,22,23). The molecule has 1 aromatic carbocycles. The van der Waals surface area contributed by atoms with E-state index in [9.17, 15) is 14.9 Å². The van der Waals surface area contributed by atoms with E-state index in [1.54, 1.807) is 31.4 Å². The van der Waals surface area contributed by atoms with E-state index in [4.69, 9.17) is 27.9 Å². The number of halogens is 2. The van der Waals surface area contributed by atoms with E-state index in [0.29, 0.717) is 26.2 Å². The molecule has 0 aliphatic heterocycles. The van der Waals surface area contributed by atoms with Gasteiger partial charge in [0.1, 0.15) is 16.6 Å². The Morgan fingerprint density at radius 2 is 2.12 bits per heavy atom. The lowest BCUT2D eigenvalue weighted by atomic mass is 10.1. The summed E-state index contributed by atoms with van der Waals surface area (Å²) in [5, 5.41) is 14.7. The molecule has 8 heteroatoms. The summed E-state index contributed by atoms with van der Waals surface area (Å²) < 4.78 is 5.01. The molecule has 2 aromatic rings. The van der Waals surface area contributed by atoms with Crippen LogP contribution in [0.4, 0.5) is 5.00 Å². The Bertz CT molecular complexity index is 929. The third-order valence-corrected chi connectivity index (χ3v) is 4.88. The molecule has 26 heavy (non-hydrogen) atoms. The van der Waals surface area contributed by atoms with Crippen LogP contribution in [0.1, 0.15) is 28.4 Å². The summed E-state index contributed by atoms with van der Waals surface area (Å²) in [6, 6.07) is 6.57. The largest absolute Gasteiger partial charge is 0.462 e. The molecule has 0 unspecified atom stereocenters. The molecular formula is C18H14Cl2N2O3S. The molecule has 5 nitrogen and oxygen atoms in total. The Hall–Kier alpha value is -2.33. The van der Waals surface area contributed by atoms with Gasteiger partial charge in [0.2, 0.25) is 0 Å². The van der Waals surface area contributed by atoms with Gasteiger partial charge in [0.25, 0.3) is 5.91 Å². The maximum atomic E-state index is 12.5. The fraction of sp³-hybridized carbons (Fsp3) is 0.167. The van der Waals surface area contributed by atoms with Crippen LogP contribution in [-0.4, -0.2) is 18.5 Å². The van der Waals surface area contributed by atoms with Crippen molar-refractivity contribution in [2.45, 2.75) is 13.8 Å². The fourth-order valence-electron chi connectivity index (χ4n) is 2.09. The van der Waals surface area contributed by atoms with Crippen LogP contribution in [0.3, 0.4) is 0 Å². The van der Waals surface area contributed by atoms with Gasteiger partial charge in [0.15, 0.2) is 0 Å². The number of rotatable bonds is 5. The van der Waals surface area contributed by atoms with Gasteiger partial charge in [-0.25, -0.2) is 4.79 Å². The van der Waals surface area contributed by atoms with Gasteiger partial charge in [-0.15, -0.1) is 11.3 Å². The van der Waals surface area contributed by atoms with Crippen LogP contribution in [0.15, 0.2) is 29.2 Å². The number of amides is 1. The summed E-state index contributed by atoms with van der Waals surface area (Å²) in [5.41, 5.74) is 1.30.